The molecule has 1 N–H and O–H groups in total. The van der Waals surface area contributed by atoms with Crippen LogP contribution >= 0.6 is 11.6 Å². The largest absolute Gasteiger partial charge is 0.372 e. The van der Waals surface area contributed by atoms with Gasteiger partial charge < -0.3 is 5.32 Å². The van der Waals surface area contributed by atoms with Crippen molar-refractivity contribution in [1.29, 1.82) is 0 Å². The van der Waals surface area contributed by atoms with Gasteiger partial charge in [-0.1, -0.05) is 24.3 Å². The van der Waals surface area contributed by atoms with Crippen LogP contribution in [0, 0.1) is 17.8 Å². The highest BCUT2D eigenvalue weighted by molar-refractivity contribution is 6.31. The van der Waals surface area contributed by atoms with E-state index in [1.807, 2.05) is 18.3 Å². The van der Waals surface area contributed by atoms with Gasteiger partial charge in [-0.25, -0.2) is 4.39 Å². The third-order valence-corrected chi connectivity index (χ3v) is 6.28. The van der Waals surface area contributed by atoms with Crippen LogP contribution in [-0.4, -0.2) is 10.5 Å². The van der Waals surface area contributed by atoms with Crippen LogP contribution in [0.4, 0.5) is 4.39 Å². The van der Waals surface area contributed by atoms with Crippen LogP contribution in [0.2, 0.25) is 0 Å². The van der Waals surface area contributed by atoms with Crippen molar-refractivity contribution >= 4 is 17.3 Å². The van der Waals surface area contributed by atoms with Crippen LogP contribution < -0.4 is 5.32 Å². The number of nitrogens with zero attached hydrogens (tertiary/aromatic N) is 1. The van der Waals surface area contributed by atoms with E-state index in [4.69, 9.17) is 11.6 Å². The number of aromatic nitrogens is 1. The van der Waals surface area contributed by atoms with Crippen molar-refractivity contribution in [3.8, 4) is 0 Å². The zero-order valence-electron chi connectivity index (χ0n) is 14.1. The zero-order chi connectivity index (χ0) is 17.4. The second-order valence-corrected chi connectivity index (χ2v) is 7.91. The molecule has 130 valence electrons. The van der Waals surface area contributed by atoms with E-state index in [1.54, 1.807) is 12.3 Å². The summed E-state index contributed by atoms with van der Waals surface area (Å²) in [6.45, 7) is 3.82. The fraction of sp³-hybridized carbons (Fsp3) is 0.429. The molecule has 1 aromatic heterocycles. The number of halogens is 2. The Balaban J connectivity index is 1.28. The molecular formula is C21H22ClFN2. The molecule has 3 aliphatic carbocycles. The van der Waals surface area contributed by atoms with Crippen molar-refractivity contribution in [1.82, 2.24) is 10.3 Å². The van der Waals surface area contributed by atoms with Gasteiger partial charge in [0.2, 0.25) is 0 Å². The number of allylic oxidation sites excluding steroid dienone is 4. The van der Waals surface area contributed by atoms with Crippen LogP contribution in [0.15, 0.2) is 59.8 Å². The van der Waals surface area contributed by atoms with Gasteiger partial charge >= 0.3 is 0 Å². The lowest BCUT2D eigenvalue weighted by molar-refractivity contribution is 0.205. The highest BCUT2D eigenvalue weighted by Gasteiger charge is 2.66. The molecule has 4 heteroatoms. The molecule has 1 heterocycles. The maximum absolute atomic E-state index is 13.6. The second kappa shape index (κ2) is 6.48. The summed E-state index contributed by atoms with van der Waals surface area (Å²) in [5.74, 6) is 1.60. The maximum Gasteiger partial charge on any atom is 0.119 e. The van der Waals surface area contributed by atoms with Gasteiger partial charge in [0.15, 0.2) is 0 Å². The summed E-state index contributed by atoms with van der Waals surface area (Å²) in [6.07, 6.45) is 12.4. The highest BCUT2D eigenvalue weighted by atomic mass is 35.5. The predicted molar refractivity (Wildman–Crippen MR) is 99.3 cm³/mol. The molecule has 0 saturated heterocycles. The predicted octanol–water partition coefficient (Wildman–Crippen LogP) is 5.35. The molecule has 1 aromatic rings. The van der Waals surface area contributed by atoms with Gasteiger partial charge in [0, 0.05) is 29.9 Å². The van der Waals surface area contributed by atoms with E-state index in [0.717, 1.165) is 35.9 Å². The highest BCUT2D eigenvalue weighted by Crippen LogP contribution is 2.65. The molecule has 4 rings (SSSR count). The average Bonchev–Trinajstić information content (AvgIpc) is 3.21. The second-order valence-electron chi connectivity index (χ2n) is 7.50. The molecular weight excluding hydrogens is 335 g/mol. The van der Waals surface area contributed by atoms with Gasteiger partial charge in [-0.3, -0.25) is 4.98 Å². The zero-order valence-corrected chi connectivity index (χ0v) is 14.9. The van der Waals surface area contributed by atoms with E-state index in [2.05, 4.69) is 28.7 Å². The van der Waals surface area contributed by atoms with E-state index in [1.165, 1.54) is 12.8 Å². The third-order valence-electron chi connectivity index (χ3n) is 5.95. The van der Waals surface area contributed by atoms with Crippen LogP contribution in [0.3, 0.4) is 0 Å². The number of pyridine rings is 1. The van der Waals surface area contributed by atoms with Crippen molar-refractivity contribution in [2.75, 3.05) is 0 Å². The number of nitrogens with one attached hydrogen (secondary N) is 1. The lowest BCUT2D eigenvalue weighted by Gasteiger charge is -2.37. The van der Waals surface area contributed by atoms with Crippen molar-refractivity contribution in [3.63, 3.8) is 0 Å². The maximum atomic E-state index is 13.6. The molecule has 4 atom stereocenters. The normalized spacial score (nSPS) is 32.5. The van der Waals surface area contributed by atoms with Crippen molar-refractivity contribution in [2.45, 2.75) is 37.6 Å². The first-order valence-corrected chi connectivity index (χ1v) is 9.30. The Morgan fingerprint density at radius 1 is 1.44 bits per heavy atom. The summed E-state index contributed by atoms with van der Waals surface area (Å²) in [4.78, 5) is 4.17. The number of rotatable bonds is 6. The van der Waals surface area contributed by atoms with E-state index in [0.29, 0.717) is 12.3 Å². The lowest BCUT2D eigenvalue weighted by Crippen LogP contribution is -2.43. The Hall–Kier alpha value is -1.83. The molecule has 0 aromatic carbocycles. The average molecular weight is 357 g/mol. The number of fused-ring (bicyclic) bond motifs is 1. The first-order chi connectivity index (χ1) is 12.1. The SMILES string of the molecule is C=C=C(NC12CC(CCC3C=CC(Cl)=C(F)C3)C1C2)c1cccnc1. The Bertz CT molecular complexity index is 778. The van der Waals surface area contributed by atoms with Crippen molar-refractivity contribution < 1.29 is 4.39 Å². The fourth-order valence-corrected chi connectivity index (χ4v) is 4.59. The molecule has 2 saturated carbocycles. The molecule has 2 nitrogen and oxygen atoms in total. The summed E-state index contributed by atoms with van der Waals surface area (Å²) in [5.41, 5.74) is 5.24. The Morgan fingerprint density at radius 2 is 2.32 bits per heavy atom. The standard InChI is InChI=1S/C21H22ClFN2/c1-2-20(16-4-3-9-24-13-16)25-21-11-15(17(21)12-21)7-5-14-6-8-18(22)19(23)10-14/h3-4,6,8-9,13-15,17,25H,1,5,7,10-12H2. The molecule has 2 fully saturated rings. The number of hydrogen-bond acceptors (Lipinski definition) is 2. The van der Waals surface area contributed by atoms with E-state index < -0.39 is 0 Å². The summed E-state index contributed by atoms with van der Waals surface area (Å²) >= 11 is 5.79. The van der Waals surface area contributed by atoms with E-state index >= 15 is 0 Å². The van der Waals surface area contributed by atoms with Crippen molar-refractivity contribution in [3.05, 3.63) is 65.4 Å². The first kappa shape index (κ1) is 16.6. The third kappa shape index (κ3) is 3.19. The minimum atomic E-state index is -0.164. The molecule has 3 aliphatic rings. The molecule has 0 radical (unpaired) electrons. The van der Waals surface area contributed by atoms with Gasteiger partial charge in [0.1, 0.15) is 5.83 Å². The van der Waals surface area contributed by atoms with Gasteiger partial charge in [0.25, 0.3) is 0 Å². The van der Waals surface area contributed by atoms with Crippen LogP contribution in [-0.2, 0) is 0 Å². The quantitative estimate of drug-likeness (QED) is 0.695. The summed E-state index contributed by atoms with van der Waals surface area (Å²) in [7, 11) is 0. The minimum Gasteiger partial charge on any atom is -0.372 e. The smallest absolute Gasteiger partial charge is 0.119 e. The molecule has 0 amide bonds. The Morgan fingerprint density at radius 3 is 3.00 bits per heavy atom. The lowest BCUT2D eigenvalue weighted by atomic mass is 9.75. The molecule has 25 heavy (non-hydrogen) atoms. The molecule has 4 unspecified atom stereocenters. The molecule has 0 bridgehead atoms. The fourth-order valence-electron chi connectivity index (χ4n) is 4.44. The van der Waals surface area contributed by atoms with E-state index in [-0.39, 0.29) is 16.4 Å². The monoisotopic (exact) mass is 356 g/mol. The summed E-state index contributed by atoms with van der Waals surface area (Å²) < 4.78 is 13.6. The van der Waals surface area contributed by atoms with Crippen LogP contribution in [0.5, 0.6) is 0 Å². The molecule has 0 aliphatic heterocycles. The molecule has 0 spiro atoms. The summed E-state index contributed by atoms with van der Waals surface area (Å²) in [5, 5.41) is 3.92. The number of hydrogen-bond donors (Lipinski definition) is 1. The van der Waals surface area contributed by atoms with Gasteiger partial charge in [-0.05, 0) is 61.6 Å². The Kier molecular flexibility index (Phi) is 4.31. The van der Waals surface area contributed by atoms with Crippen LogP contribution in [0.1, 0.15) is 37.7 Å². The Labute approximate surface area is 153 Å². The van der Waals surface area contributed by atoms with Gasteiger partial charge in [-0.2, -0.15) is 0 Å². The van der Waals surface area contributed by atoms with E-state index in [9.17, 15) is 4.39 Å². The minimum absolute atomic E-state index is 0.164. The topological polar surface area (TPSA) is 24.9 Å². The first-order valence-electron chi connectivity index (χ1n) is 8.92. The van der Waals surface area contributed by atoms with Gasteiger partial charge in [0.05, 0.1) is 10.7 Å². The summed E-state index contributed by atoms with van der Waals surface area (Å²) in [6, 6.07) is 3.96. The van der Waals surface area contributed by atoms with Crippen LogP contribution in [0.25, 0.3) is 5.70 Å². The van der Waals surface area contributed by atoms with Crippen molar-refractivity contribution in [2.24, 2.45) is 17.8 Å². The van der Waals surface area contributed by atoms with Gasteiger partial charge in [-0.15, -0.1) is 5.73 Å².